The predicted octanol–water partition coefficient (Wildman–Crippen LogP) is 2.29. The van der Waals surface area contributed by atoms with Crippen LogP contribution in [-0.4, -0.2) is 24.1 Å². The Morgan fingerprint density at radius 2 is 1.55 bits per heavy atom. The molecule has 0 saturated carbocycles. The highest BCUT2D eigenvalue weighted by molar-refractivity contribution is 4.80. The zero-order chi connectivity index (χ0) is 7.57. The molecule has 2 aliphatic heterocycles. The third-order valence-electron chi connectivity index (χ3n) is 3.10. The first-order valence-electron chi connectivity index (χ1n) is 4.95. The van der Waals surface area contributed by atoms with Crippen LogP contribution >= 0.6 is 0 Å². The standard InChI is InChI=1S/C10H18N/c1-3-7-11(8-4-1)9-5-2-6-10-11/h3,7H,1-2,4-6,8-10H2/q+1. The Hall–Kier alpha value is -0.300. The van der Waals surface area contributed by atoms with Crippen molar-refractivity contribution in [3.63, 3.8) is 0 Å². The van der Waals surface area contributed by atoms with Gasteiger partial charge in [-0.15, -0.1) is 0 Å². The summed E-state index contributed by atoms with van der Waals surface area (Å²) in [5, 5.41) is 0. The van der Waals surface area contributed by atoms with E-state index in [1.165, 1.54) is 56.2 Å². The summed E-state index contributed by atoms with van der Waals surface area (Å²) in [7, 11) is 0. The highest BCUT2D eigenvalue weighted by atomic mass is 15.3. The molecule has 1 spiro atoms. The van der Waals surface area contributed by atoms with E-state index in [1.807, 2.05) is 0 Å². The van der Waals surface area contributed by atoms with Crippen LogP contribution in [0.15, 0.2) is 12.3 Å². The van der Waals surface area contributed by atoms with Gasteiger partial charge in [0.25, 0.3) is 0 Å². The van der Waals surface area contributed by atoms with Gasteiger partial charge in [-0.25, -0.2) is 0 Å². The molecule has 0 radical (unpaired) electrons. The Balaban J connectivity index is 2.06. The van der Waals surface area contributed by atoms with E-state index >= 15 is 0 Å². The summed E-state index contributed by atoms with van der Waals surface area (Å²) < 4.78 is 1.32. The average Bonchev–Trinajstić information content (AvgIpc) is 2.07. The summed E-state index contributed by atoms with van der Waals surface area (Å²) in [6.45, 7) is 4.24. The zero-order valence-corrected chi connectivity index (χ0v) is 7.26. The Morgan fingerprint density at radius 3 is 2.18 bits per heavy atom. The fourth-order valence-corrected chi connectivity index (χ4v) is 2.41. The van der Waals surface area contributed by atoms with E-state index in [-0.39, 0.29) is 0 Å². The van der Waals surface area contributed by atoms with E-state index in [1.54, 1.807) is 0 Å². The van der Waals surface area contributed by atoms with Crippen molar-refractivity contribution in [1.82, 2.24) is 0 Å². The Morgan fingerprint density at radius 1 is 0.818 bits per heavy atom. The van der Waals surface area contributed by atoms with Gasteiger partial charge in [0.2, 0.25) is 0 Å². The van der Waals surface area contributed by atoms with Crippen LogP contribution in [0.2, 0.25) is 0 Å². The van der Waals surface area contributed by atoms with Gasteiger partial charge < -0.3 is 0 Å². The van der Waals surface area contributed by atoms with E-state index in [2.05, 4.69) is 12.3 Å². The van der Waals surface area contributed by atoms with Crippen molar-refractivity contribution in [1.29, 1.82) is 0 Å². The largest absolute Gasteiger partial charge is 0.298 e. The minimum atomic E-state index is 1.32. The summed E-state index contributed by atoms with van der Waals surface area (Å²) in [5.74, 6) is 0. The van der Waals surface area contributed by atoms with Crippen molar-refractivity contribution in [2.24, 2.45) is 0 Å². The van der Waals surface area contributed by atoms with Gasteiger partial charge in [0.1, 0.15) is 0 Å². The molecule has 1 saturated heterocycles. The molecule has 11 heavy (non-hydrogen) atoms. The van der Waals surface area contributed by atoms with Crippen LogP contribution in [0, 0.1) is 0 Å². The quantitative estimate of drug-likeness (QED) is 0.467. The molecule has 0 N–H and O–H groups in total. The highest BCUT2D eigenvalue weighted by Crippen LogP contribution is 2.23. The molecule has 1 heteroatoms. The Kier molecular flexibility index (Phi) is 1.99. The predicted molar refractivity (Wildman–Crippen MR) is 47.1 cm³/mol. The molecule has 0 aromatic heterocycles. The lowest BCUT2D eigenvalue weighted by Gasteiger charge is -2.39. The van der Waals surface area contributed by atoms with Gasteiger partial charge in [-0.2, -0.15) is 0 Å². The second-order valence-corrected chi connectivity index (χ2v) is 3.98. The van der Waals surface area contributed by atoms with E-state index in [0.717, 1.165) is 0 Å². The van der Waals surface area contributed by atoms with Gasteiger partial charge in [0.05, 0.1) is 25.8 Å². The van der Waals surface area contributed by atoms with Gasteiger partial charge in [-0.3, -0.25) is 4.48 Å². The molecule has 2 rings (SSSR count). The van der Waals surface area contributed by atoms with Crippen LogP contribution in [0.5, 0.6) is 0 Å². The lowest BCUT2D eigenvalue weighted by molar-refractivity contribution is -0.886. The number of quaternary nitrogens is 1. The fourth-order valence-electron chi connectivity index (χ4n) is 2.41. The highest BCUT2D eigenvalue weighted by Gasteiger charge is 2.28. The Labute approximate surface area is 69.3 Å². The van der Waals surface area contributed by atoms with Crippen LogP contribution in [0.4, 0.5) is 0 Å². The molecule has 0 unspecified atom stereocenters. The molecule has 0 atom stereocenters. The van der Waals surface area contributed by atoms with Crippen molar-refractivity contribution >= 4 is 0 Å². The van der Waals surface area contributed by atoms with E-state index in [0.29, 0.717) is 0 Å². The van der Waals surface area contributed by atoms with E-state index in [4.69, 9.17) is 0 Å². The normalized spacial score (nSPS) is 29.1. The third-order valence-corrected chi connectivity index (χ3v) is 3.10. The van der Waals surface area contributed by atoms with Crippen LogP contribution in [0.25, 0.3) is 0 Å². The molecule has 0 bridgehead atoms. The SMILES string of the molecule is C1=C[N+]2(CCC1)CCCCC2. The van der Waals surface area contributed by atoms with Crippen LogP contribution in [-0.2, 0) is 0 Å². The van der Waals surface area contributed by atoms with Gasteiger partial charge in [-0.05, 0) is 31.8 Å². The number of hydrogen-bond donors (Lipinski definition) is 0. The molecular weight excluding hydrogens is 134 g/mol. The second-order valence-electron chi connectivity index (χ2n) is 3.98. The molecule has 0 aromatic rings. The summed E-state index contributed by atoms with van der Waals surface area (Å²) in [5.41, 5.74) is 0. The molecule has 2 heterocycles. The lowest BCUT2D eigenvalue weighted by Crippen LogP contribution is -2.48. The maximum atomic E-state index is 2.46. The molecule has 62 valence electrons. The summed E-state index contributed by atoms with van der Waals surface area (Å²) in [6, 6.07) is 0. The van der Waals surface area contributed by atoms with Crippen LogP contribution < -0.4 is 0 Å². The number of hydrogen-bond acceptors (Lipinski definition) is 0. The number of nitrogens with zero attached hydrogens (tertiary/aromatic N) is 1. The Bertz CT molecular complexity index is 154. The number of rotatable bonds is 0. The minimum absolute atomic E-state index is 1.32. The fraction of sp³-hybridized carbons (Fsp3) is 0.800. The van der Waals surface area contributed by atoms with Crippen molar-refractivity contribution in [2.75, 3.05) is 19.6 Å². The van der Waals surface area contributed by atoms with Crippen LogP contribution in [0.3, 0.4) is 0 Å². The number of allylic oxidation sites excluding steroid dienone is 1. The zero-order valence-electron chi connectivity index (χ0n) is 7.26. The topological polar surface area (TPSA) is 0 Å². The summed E-state index contributed by atoms with van der Waals surface area (Å²) >= 11 is 0. The average molecular weight is 152 g/mol. The van der Waals surface area contributed by atoms with Crippen molar-refractivity contribution in [3.8, 4) is 0 Å². The molecule has 0 aliphatic carbocycles. The minimum Gasteiger partial charge on any atom is -0.298 e. The van der Waals surface area contributed by atoms with Crippen molar-refractivity contribution in [2.45, 2.75) is 32.1 Å². The first-order chi connectivity index (χ1) is 5.41. The number of piperidine rings is 1. The first kappa shape index (κ1) is 7.35. The molecule has 2 aliphatic rings. The van der Waals surface area contributed by atoms with E-state index < -0.39 is 0 Å². The van der Waals surface area contributed by atoms with Crippen molar-refractivity contribution < 1.29 is 4.48 Å². The smallest absolute Gasteiger partial charge is 0.0918 e. The van der Waals surface area contributed by atoms with Gasteiger partial charge in [0.15, 0.2) is 0 Å². The maximum Gasteiger partial charge on any atom is 0.0918 e. The monoisotopic (exact) mass is 152 g/mol. The van der Waals surface area contributed by atoms with Crippen molar-refractivity contribution in [3.05, 3.63) is 12.3 Å². The molecule has 1 nitrogen and oxygen atoms in total. The van der Waals surface area contributed by atoms with Gasteiger partial charge >= 0.3 is 0 Å². The molecular formula is C10H18N+. The molecule has 0 amide bonds. The third kappa shape index (κ3) is 1.48. The molecule has 1 fully saturated rings. The summed E-state index contributed by atoms with van der Waals surface area (Å²) in [6.07, 6.45) is 11.9. The summed E-state index contributed by atoms with van der Waals surface area (Å²) in [4.78, 5) is 0. The molecule has 0 aromatic carbocycles. The van der Waals surface area contributed by atoms with Gasteiger partial charge in [-0.1, -0.05) is 0 Å². The van der Waals surface area contributed by atoms with Gasteiger partial charge in [0, 0.05) is 6.42 Å². The van der Waals surface area contributed by atoms with E-state index in [9.17, 15) is 0 Å². The lowest BCUT2D eigenvalue weighted by atomic mass is 10.1. The first-order valence-corrected chi connectivity index (χ1v) is 4.95. The maximum absolute atomic E-state index is 2.46. The van der Waals surface area contributed by atoms with Crippen LogP contribution in [0.1, 0.15) is 32.1 Å². The second kappa shape index (κ2) is 2.98.